The summed E-state index contributed by atoms with van der Waals surface area (Å²) < 4.78 is 12.1. The monoisotopic (exact) mass is 348 g/mol. The summed E-state index contributed by atoms with van der Waals surface area (Å²) >= 11 is 0. The Morgan fingerprint density at radius 2 is 1.27 bits per heavy atom. The fourth-order valence-electron chi connectivity index (χ4n) is 7.32. The highest BCUT2D eigenvalue weighted by Gasteiger charge is 2.65. The largest absolute Gasteiger partial charge is 0.500 e. The zero-order valence-corrected chi connectivity index (χ0v) is 15.7. The van der Waals surface area contributed by atoms with Gasteiger partial charge in [-0.05, 0) is 48.3 Å². The summed E-state index contributed by atoms with van der Waals surface area (Å²) in [7, 11) is 3.69. The molecule has 8 unspecified atom stereocenters. The van der Waals surface area contributed by atoms with E-state index in [1.54, 1.807) is 0 Å². The van der Waals surface area contributed by atoms with Crippen LogP contribution in [0.3, 0.4) is 0 Å². The molecule has 4 aliphatic carbocycles. The van der Waals surface area contributed by atoms with Gasteiger partial charge in [0, 0.05) is 22.3 Å². The number of hydrogen-bond acceptors (Lipinski definition) is 2. The molecule has 0 heterocycles. The van der Waals surface area contributed by atoms with E-state index in [-0.39, 0.29) is 0 Å². The molecule has 2 nitrogen and oxygen atoms in total. The van der Waals surface area contributed by atoms with E-state index in [1.165, 1.54) is 34.8 Å². The van der Waals surface area contributed by atoms with Gasteiger partial charge in [0.05, 0.1) is 14.2 Å². The molecule has 4 aliphatic rings. The number of rotatable bonds is 4. The lowest BCUT2D eigenvalue weighted by atomic mass is 9.63. The molecule has 0 amide bonds. The first-order chi connectivity index (χ1) is 12.7. The third kappa shape index (κ3) is 1.83. The third-order valence-corrected chi connectivity index (χ3v) is 7.93. The topological polar surface area (TPSA) is 18.5 Å². The highest BCUT2D eigenvalue weighted by molar-refractivity contribution is 5.58. The molecular formula is C24H28O2. The van der Waals surface area contributed by atoms with Crippen molar-refractivity contribution in [2.75, 3.05) is 14.2 Å². The molecule has 5 rings (SSSR count). The molecule has 0 radical (unpaired) electrons. The highest BCUT2D eigenvalue weighted by atomic mass is 16.5. The summed E-state index contributed by atoms with van der Waals surface area (Å²) in [5, 5.41) is 2.45. The predicted octanol–water partition coefficient (Wildman–Crippen LogP) is 3.33. The molecular weight excluding hydrogens is 320 g/mol. The van der Waals surface area contributed by atoms with E-state index in [0.717, 1.165) is 11.8 Å². The van der Waals surface area contributed by atoms with Gasteiger partial charge in [0.1, 0.15) is 11.5 Å². The fraction of sp³-hybridized carbons (Fsp3) is 0.500. The Hall–Kier alpha value is -1.96. The summed E-state index contributed by atoms with van der Waals surface area (Å²) in [4.78, 5) is 0. The molecule has 0 N–H and O–H groups in total. The van der Waals surface area contributed by atoms with Crippen molar-refractivity contribution in [3.63, 3.8) is 0 Å². The second kappa shape index (κ2) is 5.77. The van der Waals surface area contributed by atoms with Gasteiger partial charge in [-0.25, -0.2) is 0 Å². The number of methoxy groups -OCH3 is 2. The van der Waals surface area contributed by atoms with Crippen LogP contribution in [0.1, 0.15) is 12.8 Å². The second-order valence-electron chi connectivity index (χ2n) is 8.49. The molecule has 26 heavy (non-hydrogen) atoms. The average molecular weight is 348 g/mol. The first kappa shape index (κ1) is 16.2. The summed E-state index contributed by atoms with van der Waals surface area (Å²) in [6, 6.07) is 8.60. The van der Waals surface area contributed by atoms with E-state index in [1.807, 2.05) is 14.2 Å². The highest BCUT2D eigenvalue weighted by Crippen LogP contribution is 2.69. The Morgan fingerprint density at radius 1 is 0.808 bits per heavy atom. The molecule has 1 aromatic carbocycles. The molecule has 0 aliphatic heterocycles. The van der Waals surface area contributed by atoms with Crippen LogP contribution >= 0.6 is 0 Å². The van der Waals surface area contributed by atoms with E-state index >= 15 is 0 Å². The number of hydrogen-bond donors (Lipinski definition) is 0. The molecule has 0 aromatic heterocycles. The van der Waals surface area contributed by atoms with Gasteiger partial charge in [0.15, 0.2) is 0 Å². The lowest BCUT2D eigenvalue weighted by molar-refractivity contribution is 0.107. The van der Waals surface area contributed by atoms with Crippen molar-refractivity contribution in [1.82, 2.24) is 0 Å². The lowest BCUT2D eigenvalue weighted by Gasteiger charge is -2.43. The van der Waals surface area contributed by atoms with Gasteiger partial charge in [-0.1, -0.05) is 36.4 Å². The van der Waals surface area contributed by atoms with Crippen LogP contribution in [-0.2, 0) is 9.47 Å². The van der Waals surface area contributed by atoms with Gasteiger partial charge in [-0.2, -0.15) is 0 Å². The van der Waals surface area contributed by atoms with E-state index in [9.17, 15) is 0 Å². The van der Waals surface area contributed by atoms with Crippen LogP contribution in [0.5, 0.6) is 0 Å². The summed E-state index contributed by atoms with van der Waals surface area (Å²) in [6.45, 7) is 8.33. The Kier molecular flexibility index (Phi) is 3.60. The smallest absolute Gasteiger partial charge is 0.108 e. The lowest BCUT2D eigenvalue weighted by Crippen LogP contribution is -2.47. The molecule has 3 saturated carbocycles. The molecule has 2 heteroatoms. The molecule has 8 atom stereocenters. The zero-order chi connectivity index (χ0) is 18.0. The number of fused-ring (bicyclic) bond motifs is 9. The summed E-state index contributed by atoms with van der Waals surface area (Å²) in [6.07, 6.45) is 6.92. The summed E-state index contributed by atoms with van der Waals surface area (Å²) in [5.74, 6) is 7.24. The predicted molar refractivity (Wildman–Crippen MR) is 104 cm³/mol. The van der Waals surface area contributed by atoms with Crippen molar-refractivity contribution in [1.29, 1.82) is 0 Å². The van der Waals surface area contributed by atoms with E-state index in [2.05, 4.69) is 49.6 Å². The quantitative estimate of drug-likeness (QED) is 0.777. The van der Waals surface area contributed by atoms with Crippen molar-refractivity contribution in [3.8, 4) is 0 Å². The van der Waals surface area contributed by atoms with Crippen LogP contribution < -0.4 is 10.4 Å². The Balaban J connectivity index is 1.73. The first-order valence-electron chi connectivity index (χ1n) is 9.91. The molecule has 136 valence electrons. The van der Waals surface area contributed by atoms with Crippen LogP contribution in [0.2, 0.25) is 0 Å². The fourth-order valence-corrected chi connectivity index (χ4v) is 7.32. The molecule has 3 fully saturated rings. The summed E-state index contributed by atoms with van der Waals surface area (Å²) in [5.41, 5.74) is 0. The number of allylic oxidation sites excluding steroid dienone is 2. The Morgan fingerprint density at radius 3 is 1.65 bits per heavy atom. The van der Waals surface area contributed by atoms with Crippen molar-refractivity contribution >= 4 is 11.5 Å². The average Bonchev–Trinajstić information content (AvgIpc) is 3.35. The van der Waals surface area contributed by atoms with Gasteiger partial charge < -0.3 is 9.47 Å². The van der Waals surface area contributed by atoms with Crippen LogP contribution in [0.15, 0.2) is 49.6 Å². The first-order valence-corrected chi connectivity index (χ1v) is 9.91. The minimum Gasteiger partial charge on any atom is -0.500 e. The van der Waals surface area contributed by atoms with Crippen molar-refractivity contribution in [2.45, 2.75) is 12.8 Å². The van der Waals surface area contributed by atoms with Crippen molar-refractivity contribution in [3.05, 3.63) is 60.0 Å². The van der Waals surface area contributed by atoms with E-state index in [0.29, 0.717) is 35.5 Å². The van der Waals surface area contributed by atoms with E-state index in [4.69, 9.17) is 9.47 Å². The van der Waals surface area contributed by atoms with Crippen molar-refractivity contribution < 1.29 is 9.47 Å². The van der Waals surface area contributed by atoms with Crippen LogP contribution in [-0.4, -0.2) is 14.2 Å². The van der Waals surface area contributed by atoms with Gasteiger partial charge in [-0.15, -0.1) is 13.2 Å². The van der Waals surface area contributed by atoms with Gasteiger partial charge in [-0.3, -0.25) is 0 Å². The van der Waals surface area contributed by atoms with Crippen molar-refractivity contribution in [2.24, 2.45) is 47.3 Å². The van der Waals surface area contributed by atoms with Gasteiger partial charge in [0.25, 0.3) is 0 Å². The molecule has 2 bridgehead atoms. The maximum atomic E-state index is 6.05. The maximum Gasteiger partial charge on any atom is 0.108 e. The minimum absolute atomic E-state index is 0.446. The number of ether oxygens (including phenoxy) is 2. The maximum absolute atomic E-state index is 6.05. The SMILES string of the molecule is C=CC1CC(C=C)C2C3CC(C4C(OC)=c5ccccc5=C(OC)C34)C12. The normalized spacial score (nSPS) is 42.1. The standard InChI is InChI=1S/C24H28O2/c1-5-13-11-14(6-2)20-18-12-17(19(13)20)21-22(18)24(26-4)16-10-8-7-9-15(16)23(21)25-3/h5-10,13-14,17-22H,1-2,11-12H2,3-4H3. The third-order valence-electron chi connectivity index (χ3n) is 7.93. The van der Waals surface area contributed by atoms with Gasteiger partial charge in [0.2, 0.25) is 0 Å². The van der Waals surface area contributed by atoms with Gasteiger partial charge >= 0.3 is 0 Å². The molecule has 0 spiro atoms. The van der Waals surface area contributed by atoms with E-state index < -0.39 is 0 Å². The minimum atomic E-state index is 0.446. The Labute approximate surface area is 155 Å². The zero-order valence-electron chi connectivity index (χ0n) is 15.7. The van der Waals surface area contributed by atoms with Crippen LogP contribution in [0.4, 0.5) is 0 Å². The molecule has 0 saturated heterocycles. The number of benzene rings is 1. The molecule has 1 aromatic rings. The van der Waals surface area contributed by atoms with Crippen LogP contribution in [0.25, 0.3) is 11.5 Å². The van der Waals surface area contributed by atoms with Crippen LogP contribution in [0, 0.1) is 47.3 Å². The second-order valence-corrected chi connectivity index (χ2v) is 8.49. The Bertz CT molecular complexity index is 811.